The number of aromatic amines is 1. The Hall–Kier alpha value is -1.69. The van der Waals surface area contributed by atoms with Crippen molar-refractivity contribution in [3.63, 3.8) is 0 Å². The molecule has 18 heavy (non-hydrogen) atoms. The maximum Gasteiger partial charge on any atom is 0.227 e. The van der Waals surface area contributed by atoms with Gasteiger partial charge in [0.1, 0.15) is 0 Å². The summed E-state index contributed by atoms with van der Waals surface area (Å²) in [4.78, 5) is 11.3. The third-order valence-corrected chi connectivity index (χ3v) is 3.37. The number of aromatic nitrogens is 4. The molecule has 1 aliphatic rings. The quantitative estimate of drug-likeness (QED) is 0.847. The molecule has 0 saturated carbocycles. The van der Waals surface area contributed by atoms with Crippen molar-refractivity contribution in [1.82, 2.24) is 25.5 Å². The van der Waals surface area contributed by atoms with Crippen LogP contribution >= 0.6 is 0 Å². The first kappa shape index (κ1) is 11.4. The van der Waals surface area contributed by atoms with Crippen LogP contribution in [-0.4, -0.2) is 40.3 Å². The highest BCUT2D eigenvalue weighted by atomic mass is 15.3. The van der Waals surface area contributed by atoms with E-state index < -0.39 is 0 Å². The Labute approximate surface area is 106 Å². The van der Waals surface area contributed by atoms with E-state index in [1.165, 1.54) is 19.3 Å². The van der Waals surface area contributed by atoms with E-state index in [4.69, 9.17) is 0 Å². The average molecular weight is 246 g/mol. The molecule has 6 nitrogen and oxygen atoms in total. The Bertz CT molecular complexity index is 528. The van der Waals surface area contributed by atoms with Crippen molar-refractivity contribution in [3.8, 4) is 0 Å². The van der Waals surface area contributed by atoms with Gasteiger partial charge in [0.25, 0.3) is 0 Å². The van der Waals surface area contributed by atoms with E-state index in [-0.39, 0.29) is 0 Å². The minimum atomic E-state index is 0.729. The Kier molecular flexibility index (Phi) is 3.10. The highest BCUT2D eigenvalue weighted by Crippen LogP contribution is 2.19. The van der Waals surface area contributed by atoms with Crippen LogP contribution < -0.4 is 10.2 Å². The molecule has 2 N–H and O–H groups in total. The molecule has 1 fully saturated rings. The first-order valence-corrected chi connectivity index (χ1v) is 6.48. The lowest BCUT2D eigenvalue weighted by Gasteiger charge is -2.26. The van der Waals surface area contributed by atoms with Gasteiger partial charge in [-0.2, -0.15) is 10.1 Å². The normalized spacial score (nSPS) is 16.4. The molecule has 0 aromatic carbocycles. The molecule has 3 heterocycles. The van der Waals surface area contributed by atoms with Crippen molar-refractivity contribution in [2.45, 2.75) is 25.8 Å². The van der Waals surface area contributed by atoms with E-state index in [0.29, 0.717) is 0 Å². The Morgan fingerprint density at radius 3 is 2.94 bits per heavy atom. The summed E-state index contributed by atoms with van der Waals surface area (Å²) >= 11 is 0. The van der Waals surface area contributed by atoms with Gasteiger partial charge in [0.05, 0.1) is 11.1 Å². The number of rotatable bonds is 3. The molecule has 0 amide bonds. The third kappa shape index (κ3) is 2.03. The molecule has 0 radical (unpaired) electrons. The lowest BCUT2D eigenvalue weighted by Crippen LogP contribution is -2.30. The molecule has 6 heteroatoms. The molecule has 0 atom stereocenters. The van der Waals surface area contributed by atoms with Crippen molar-refractivity contribution in [2.75, 3.05) is 25.0 Å². The largest absolute Gasteiger partial charge is 0.341 e. The van der Waals surface area contributed by atoms with Gasteiger partial charge in [-0.1, -0.05) is 0 Å². The Balaban J connectivity index is 1.91. The average Bonchev–Trinajstić information content (AvgIpc) is 2.83. The van der Waals surface area contributed by atoms with Crippen LogP contribution in [0.3, 0.4) is 0 Å². The highest BCUT2D eigenvalue weighted by molar-refractivity contribution is 5.77. The summed E-state index contributed by atoms with van der Waals surface area (Å²) < 4.78 is 0. The zero-order valence-corrected chi connectivity index (χ0v) is 10.6. The summed E-state index contributed by atoms with van der Waals surface area (Å²) in [5, 5.41) is 11.3. The van der Waals surface area contributed by atoms with Crippen molar-refractivity contribution in [3.05, 3.63) is 11.9 Å². The van der Waals surface area contributed by atoms with Crippen LogP contribution in [-0.2, 0) is 6.54 Å². The van der Waals surface area contributed by atoms with E-state index in [1.807, 2.05) is 13.2 Å². The molecular formula is C12H18N6. The number of nitrogens with one attached hydrogen (secondary N) is 2. The fraction of sp³-hybridized carbons (Fsp3) is 0.583. The van der Waals surface area contributed by atoms with Gasteiger partial charge in [-0.05, 0) is 26.3 Å². The molecule has 1 saturated heterocycles. The van der Waals surface area contributed by atoms with Gasteiger partial charge in [-0.15, -0.1) is 0 Å². The smallest absolute Gasteiger partial charge is 0.227 e. The zero-order valence-electron chi connectivity index (χ0n) is 10.6. The lowest BCUT2D eigenvalue weighted by molar-refractivity contribution is 0.569. The number of hydrogen-bond donors (Lipinski definition) is 2. The van der Waals surface area contributed by atoms with E-state index in [1.54, 1.807) is 0 Å². The van der Waals surface area contributed by atoms with Gasteiger partial charge in [0.2, 0.25) is 5.95 Å². The predicted octanol–water partition coefficient (Wildman–Crippen LogP) is 1.06. The van der Waals surface area contributed by atoms with Crippen LogP contribution in [0.15, 0.2) is 6.20 Å². The van der Waals surface area contributed by atoms with Crippen LogP contribution in [0.4, 0.5) is 5.95 Å². The summed E-state index contributed by atoms with van der Waals surface area (Å²) in [6.07, 6.45) is 5.66. The first-order chi connectivity index (χ1) is 8.88. The van der Waals surface area contributed by atoms with E-state index in [9.17, 15) is 0 Å². The van der Waals surface area contributed by atoms with Crippen LogP contribution in [0.1, 0.15) is 25.0 Å². The van der Waals surface area contributed by atoms with Crippen LogP contribution in [0.2, 0.25) is 0 Å². The van der Waals surface area contributed by atoms with Crippen LogP contribution in [0, 0.1) is 0 Å². The van der Waals surface area contributed by atoms with Gasteiger partial charge in [-0.3, -0.25) is 5.10 Å². The number of anilines is 1. The molecule has 2 aromatic rings. The van der Waals surface area contributed by atoms with Crippen molar-refractivity contribution < 1.29 is 0 Å². The van der Waals surface area contributed by atoms with Crippen molar-refractivity contribution >= 4 is 17.0 Å². The van der Waals surface area contributed by atoms with Gasteiger partial charge in [-0.25, -0.2) is 4.98 Å². The molecule has 0 unspecified atom stereocenters. The van der Waals surface area contributed by atoms with E-state index in [2.05, 4.69) is 30.4 Å². The Morgan fingerprint density at radius 2 is 2.17 bits per heavy atom. The standard InChI is InChI=1S/C12H18N6/c1-13-8-10-9-7-14-12(15-11(9)17-16-10)18-5-3-2-4-6-18/h7,13H,2-6,8H2,1H3,(H,14,15,16,17). The minimum absolute atomic E-state index is 0.729. The molecular weight excluding hydrogens is 228 g/mol. The lowest BCUT2D eigenvalue weighted by atomic mass is 10.1. The van der Waals surface area contributed by atoms with E-state index in [0.717, 1.165) is 42.3 Å². The van der Waals surface area contributed by atoms with Crippen molar-refractivity contribution in [2.24, 2.45) is 0 Å². The molecule has 0 spiro atoms. The second-order valence-corrected chi connectivity index (χ2v) is 4.68. The second-order valence-electron chi connectivity index (χ2n) is 4.68. The Morgan fingerprint density at radius 1 is 1.33 bits per heavy atom. The zero-order chi connectivity index (χ0) is 12.4. The third-order valence-electron chi connectivity index (χ3n) is 3.37. The SMILES string of the molecule is CNCc1n[nH]c2nc(N3CCCCC3)ncc12. The van der Waals surface area contributed by atoms with Crippen LogP contribution in [0.5, 0.6) is 0 Å². The topological polar surface area (TPSA) is 69.7 Å². The van der Waals surface area contributed by atoms with Crippen LogP contribution in [0.25, 0.3) is 11.0 Å². The van der Waals surface area contributed by atoms with Crippen molar-refractivity contribution in [1.29, 1.82) is 0 Å². The number of nitrogens with zero attached hydrogens (tertiary/aromatic N) is 4. The number of piperidine rings is 1. The fourth-order valence-electron chi connectivity index (χ4n) is 2.40. The van der Waals surface area contributed by atoms with E-state index >= 15 is 0 Å². The summed E-state index contributed by atoms with van der Waals surface area (Å²) in [6, 6.07) is 0. The second kappa shape index (κ2) is 4.89. The number of hydrogen-bond acceptors (Lipinski definition) is 5. The molecule has 2 aromatic heterocycles. The molecule has 3 rings (SSSR count). The maximum atomic E-state index is 4.57. The van der Waals surface area contributed by atoms with Gasteiger partial charge >= 0.3 is 0 Å². The predicted molar refractivity (Wildman–Crippen MR) is 70.5 cm³/mol. The molecule has 1 aliphatic heterocycles. The summed E-state index contributed by atoms with van der Waals surface area (Å²) in [7, 11) is 1.91. The summed E-state index contributed by atoms with van der Waals surface area (Å²) in [5.41, 5.74) is 1.80. The van der Waals surface area contributed by atoms with Gasteiger partial charge < -0.3 is 10.2 Å². The fourth-order valence-corrected chi connectivity index (χ4v) is 2.40. The molecule has 96 valence electrons. The molecule has 0 bridgehead atoms. The number of H-pyrrole nitrogens is 1. The first-order valence-electron chi connectivity index (χ1n) is 6.48. The minimum Gasteiger partial charge on any atom is -0.341 e. The monoisotopic (exact) mass is 246 g/mol. The summed E-state index contributed by atoms with van der Waals surface area (Å²) in [5.74, 6) is 0.821. The highest BCUT2D eigenvalue weighted by Gasteiger charge is 2.15. The van der Waals surface area contributed by atoms with Gasteiger partial charge in [0.15, 0.2) is 5.65 Å². The number of fused-ring (bicyclic) bond motifs is 1. The summed E-state index contributed by atoms with van der Waals surface area (Å²) in [6.45, 7) is 2.85. The van der Waals surface area contributed by atoms with Gasteiger partial charge in [0, 0.05) is 25.8 Å². The maximum absolute atomic E-state index is 4.57. The molecule has 0 aliphatic carbocycles.